The molecule has 1 fully saturated rings. The fraction of sp³-hybridized carbons (Fsp3) is 0.286. The number of amides is 1. The average molecular weight is 414 g/mol. The molecular formula is C21H20ClN3O2S. The van der Waals surface area contributed by atoms with E-state index in [0.717, 1.165) is 29.5 Å². The molecule has 4 rings (SSSR count). The third kappa shape index (κ3) is 3.75. The van der Waals surface area contributed by atoms with Crippen LogP contribution in [0.15, 0.2) is 36.4 Å². The van der Waals surface area contributed by atoms with Gasteiger partial charge in [0.1, 0.15) is 10.8 Å². The summed E-state index contributed by atoms with van der Waals surface area (Å²) in [4.78, 5) is 14.9. The van der Waals surface area contributed by atoms with Crippen molar-refractivity contribution in [3.63, 3.8) is 0 Å². The van der Waals surface area contributed by atoms with Gasteiger partial charge in [-0.3, -0.25) is 9.69 Å². The molecule has 0 bridgehead atoms. The van der Waals surface area contributed by atoms with E-state index in [1.165, 1.54) is 11.3 Å². The Morgan fingerprint density at radius 2 is 1.89 bits per heavy atom. The molecule has 2 aromatic carbocycles. The molecule has 1 N–H and O–H groups in total. The fourth-order valence-electron chi connectivity index (χ4n) is 3.11. The lowest BCUT2D eigenvalue weighted by Gasteiger charge is -2.19. The zero-order valence-electron chi connectivity index (χ0n) is 15.6. The minimum atomic E-state index is -0.154. The first kappa shape index (κ1) is 18.9. The summed E-state index contributed by atoms with van der Waals surface area (Å²) in [6.45, 7) is 4.33. The lowest BCUT2D eigenvalue weighted by atomic mass is 10.1. The van der Waals surface area contributed by atoms with Gasteiger partial charge in [-0.05, 0) is 68.0 Å². The predicted octanol–water partition coefficient (Wildman–Crippen LogP) is 5.24. The number of phenolic OH excluding ortho intramolecular Hbond substituents is 1. The van der Waals surface area contributed by atoms with Crippen molar-refractivity contribution in [2.24, 2.45) is 5.92 Å². The molecule has 0 saturated heterocycles. The second-order valence-corrected chi connectivity index (χ2v) is 8.55. The molecule has 0 spiro atoms. The zero-order chi connectivity index (χ0) is 19.8. The second-order valence-electron chi connectivity index (χ2n) is 7.19. The van der Waals surface area contributed by atoms with Crippen LogP contribution in [0.4, 0.5) is 5.13 Å². The van der Waals surface area contributed by atoms with Crippen LogP contribution < -0.4 is 4.90 Å². The highest BCUT2D eigenvalue weighted by Crippen LogP contribution is 2.37. The first-order valence-corrected chi connectivity index (χ1v) is 10.3. The highest BCUT2D eigenvalue weighted by atomic mass is 35.5. The Labute approximate surface area is 172 Å². The van der Waals surface area contributed by atoms with Gasteiger partial charge >= 0.3 is 0 Å². The molecule has 0 unspecified atom stereocenters. The van der Waals surface area contributed by atoms with Gasteiger partial charge in [0, 0.05) is 12.1 Å². The maximum atomic E-state index is 13.2. The van der Waals surface area contributed by atoms with Crippen LogP contribution in [0, 0.1) is 19.8 Å². The topological polar surface area (TPSA) is 66.3 Å². The van der Waals surface area contributed by atoms with Crippen LogP contribution in [-0.2, 0) is 0 Å². The SMILES string of the molecule is Cc1cc(-c2nnc(N(CC3CC3)C(=O)c3ccccc3Cl)s2)cc(C)c1O. The molecule has 1 amide bonds. The van der Waals surface area contributed by atoms with E-state index in [1.807, 2.05) is 38.1 Å². The summed E-state index contributed by atoms with van der Waals surface area (Å²) in [5.41, 5.74) is 2.92. The molecule has 1 aromatic heterocycles. The standard InChI is InChI=1S/C21H20ClN3O2S/c1-12-9-15(10-13(2)18(12)26)19-23-24-21(28-19)25(11-14-7-8-14)20(27)16-5-3-4-6-17(16)22/h3-6,9-10,14,26H,7-8,11H2,1-2H3. The molecule has 1 heterocycles. The van der Waals surface area contributed by atoms with Crippen LogP contribution in [0.5, 0.6) is 5.75 Å². The van der Waals surface area contributed by atoms with Crippen molar-refractivity contribution in [3.8, 4) is 16.3 Å². The quantitative estimate of drug-likeness (QED) is 0.621. The summed E-state index contributed by atoms with van der Waals surface area (Å²) < 4.78 is 0. The Balaban J connectivity index is 1.69. The van der Waals surface area contributed by atoms with Crippen molar-refractivity contribution in [3.05, 3.63) is 58.1 Å². The number of phenols is 1. The number of rotatable bonds is 5. The zero-order valence-corrected chi connectivity index (χ0v) is 17.2. The number of anilines is 1. The molecule has 1 aliphatic rings. The normalized spacial score (nSPS) is 13.5. The Morgan fingerprint density at radius 1 is 1.21 bits per heavy atom. The molecule has 1 saturated carbocycles. The van der Waals surface area contributed by atoms with Crippen LogP contribution in [0.25, 0.3) is 10.6 Å². The number of carbonyl (C=O) groups is 1. The molecule has 1 aliphatic carbocycles. The summed E-state index contributed by atoms with van der Waals surface area (Å²) in [6.07, 6.45) is 2.24. The van der Waals surface area contributed by atoms with Crippen LogP contribution >= 0.6 is 22.9 Å². The van der Waals surface area contributed by atoms with E-state index in [1.54, 1.807) is 17.0 Å². The smallest absolute Gasteiger partial charge is 0.261 e. The van der Waals surface area contributed by atoms with Gasteiger partial charge in [0.25, 0.3) is 5.91 Å². The number of hydrogen-bond donors (Lipinski definition) is 1. The second kappa shape index (κ2) is 7.53. The average Bonchev–Trinajstić information content (AvgIpc) is 3.37. The highest BCUT2D eigenvalue weighted by Gasteiger charge is 2.31. The third-order valence-corrected chi connectivity index (χ3v) is 6.20. The summed E-state index contributed by atoms with van der Waals surface area (Å²) in [6, 6.07) is 10.8. The van der Waals surface area contributed by atoms with Crippen LogP contribution in [0.2, 0.25) is 5.02 Å². The van der Waals surface area contributed by atoms with E-state index in [-0.39, 0.29) is 11.7 Å². The van der Waals surface area contributed by atoms with Crippen molar-refractivity contribution < 1.29 is 9.90 Å². The summed E-state index contributed by atoms with van der Waals surface area (Å²) in [5, 5.41) is 20.3. The van der Waals surface area contributed by atoms with Gasteiger partial charge < -0.3 is 5.11 Å². The molecule has 28 heavy (non-hydrogen) atoms. The molecule has 7 heteroatoms. The highest BCUT2D eigenvalue weighted by molar-refractivity contribution is 7.18. The largest absolute Gasteiger partial charge is 0.507 e. The van der Waals surface area contributed by atoms with Crippen molar-refractivity contribution in [2.75, 3.05) is 11.4 Å². The van der Waals surface area contributed by atoms with Gasteiger partial charge in [-0.2, -0.15) is 0 Å². The van der Waals surface area contributed by atoms with Gasteiger partial charge in [0.15, 0.2) is 0 Å². The predicted molar refractivity (Wildman–Crippen MR) is 112 cm³/mol. The lowest BCUT2D eigenvalue weighted by molar-refractivity contribution is 0.0985. The first-order valence-electron chi connectivity index (χ1n) is 9.14. The van der Waals surface area contributed by atoms with Crippen molar-refractivity contribution in [1.82, 2.24) is 10.2 Å². The van der Waals surface area contributed by atoms with Gasteiger partial charge in [0.2, 0.25) is 5.13 Å². The molecule has 0 aliphatic heterocycles. The van der Waals surface area contributed by atoms with E-state index < -0.39 is 0 Å². The lowest BCUT2D eigenvalue weighted by Crippen LogP contribution is -2.33. The monoisotopic (exact) mass is 413 g/mol. The maximum absolute atomic E-state index is 13.2. The van der Waals surface area contributed by atoms with Crippen LogP contribution in [0.3, 0.4) is 0 Å². The molecular weight excluding hydrogens is 394 g/mol. The number of aromatic hydroxyl groups is 1. The summed E-state index contributed by atoms with van der Waals surface area (Å²) >= 11 is 7.62. The summed E-state index contributed by atoms with van der Waals surface area (Å²) in [5.74, 6) is 0.632. The van der Waals surface area contributed by atoms with Crippen molar-refractivity contribution in [1.29, 1.82) is 0 Å². The minimum absolute atomic E-state index is 0.154. The van der Waals surface area contributed by atoms with Gasteiger partial charge in [-0.15, -0.1) is 10.2 Å². The summed E-state index contributed by atoms with van der Waals surface area (Å²) in [7, 11) is 0. The number of nitrogens with zero attached hydrogens (tertiary/aromatic N) is 3. The number of aromatic nitrogens is 2. The van der Waals surface area contributed by atoms with E-state index in [2.05, 4.69) is 10.2 Å². The number of hydrogen-bond acceptors (Lipinski definition) is 5. The number of benzene rings is 2. The fourth-order valence-corrected chi connectivity index (χ4v) is 4.16. The Bertz CT molecular complexity index is 1020. The third-order valence-electron chi connectivity index (χ3n) is 4.87. The minimum Gasteiger partial charge on any atom is -0.507 e. The van der Waals surface area contributed by atoms with Gasteiger partial charge in [-0.1, -0.05) is 35.1 Å². The van der Waals surface area contributed by atoms with Gasteiger partial charge in [0.05, 0.1) is 10.6 Å². The molecule has 144 valence electrons. The molecule has 3 aromatic rings. The Kier molecular flexibility index (Phi) is 5.08. The number of carbonyl (C=O) groups excluding carboxylic acids is 1. The van der Waals surface area contributed by atoms with Crippen molar-refractivity contribution in [2.45, 2.75) is 26.7 Å². The van der Waals surface area contributed by atoms with Gasteiger partial charge in [-0.25, -0.2) is 0 Å². The van der Waals surface area contributed by atoms with Crippen LogP contribution in [-0.4, -0.2) is 27.8 Å². The van der Waals surface area contributed by atoms with E-state index in [4.69, 9.17) is 11.6 Å². The number of aryl methyl sites for hydroxylation is 2. The van der Waals surface area contributed by atoms with Crippen molar-refractivity contribution >= 4 is 34.0 Å². The molecule has 0 radical (unpaired) electrons. The Morgan fingerprint density at radius 3 is 2.54 bits per heavy atom. The molecule has 0 atom stereocenters. The van der Waals surface area contributed by atoms with E-state index >= 15 is 0 Å². The van der Waals surface area contributed by atoms with Crippen LogP contribution in [0.1, 0.15) is 34.3 Å². The van der Waals surface area contributed by atoms with E-state index in [9.17, 15) is 9.90 Å². The Hall–Kier alpha value is -2.44. The first-order chi connectivity index (χ1) is 13.4. The number of halogens is 1. The van der Waals surface area contributed by atoms with E-state index in [0.29, 0.717) is 33.2 Å². The molecule has 5 nitrogen and oxygen atoms in total. The maximum Gasteiger partial charge on any atom is 0.261 e.